The summed E-state index contributed by atoms with van der Waals surface area (Å²) >= 11 is 0. The molecule has 1 amide bonds. The lowest BCUT2D eigenvalue weighted by Crippen LogP contribution is -2.24. The summed E-state index contributed by atoms with van der Waals surface area (Å²) in [4.78, 5) is 12.0. The van der Waals surface area contributed by atoms with E-state index in [4.69, 9.17) is 4.74 Å². The van der Waals surface area contributed by atoms with Crippen molar-refractivity contribution >= 4 is 5.91 Å². The largest absolute Gasteiger partial charge is 0.497 e. The molecule has 2 rings (SSSR count). The maximum Gasteiger partial charge on any atom is 0.220 e. The van der Waals surface area contributed by atoms with Gasteiger partial charge in [-0.25, -0.2) is 0 Å². The van der Waals surface area contributed by atoms with Crippen molar-refractivity contribution in [2.24, 2.45) is 0 Å². The summed E-state index contributed by atoms with van der Waals surface area (Å²) in [6, 6.07) is 17.8. The lowest BCUT2D eigenvalue weighted by Gasteiger charge is -2.12. The van der Waals surface area contributed by atoms with E-state index in [2.05, 4.69) is 24.4 Å². The highest BCUT2D eigenvalue weighted by atomic mass is 16.5. The summed E-state index contributed by atoms with van der Waals surface area (Å²) in [7, 11) is 1.64. The van der Waals surface area contributed by atoms with Gasteiger partial charge in [-0.05, 0) is 29.2 Å². The van der Waals surface area contributed by atoms with Crippen LogP contribution in [0.1, 0.15) is 30.4 Å². The quantitative estimate of drug-likeness (QED) is 0.881. The summed E-state index contributed by atoms with van der Waals surface area (Å²) in [5.74, 6) is 1.09. The minimum atomic E-state index is 0.0640. The smallest absolute Gasteiger partial charge is 0.220 e. The fourth-order valence-electron chi connectivity index (χ4n) is 2.23. The van der Waals surface area contributed by atoms with E-state index in [1.165, 1.54) is 5.56 Å². The van der Waals surface area contributed by atoms with Crippen LogP contribution in [0.25, 0.3) is 0 Å². The van der Waals surface area contributed by atoms with Crippen molar-refractivity contribution in [1.29, 1.82) is 0 Å². The molecule has 2 aromatic rings. The molecule has 3 heteroatoms. The first kappa shape index (κ1) is 15.1. The van der Waals surface area contributed by atoms with Crippen molar-refractivity contribution in [3.8, 4) is 5.75 Å². The number of hydrogen-bond donors (Lipinski definition) is 1. The number of methoxy groups -OCH3 is 1. The van der Waals surface area contributed by atoms with Crippen molar-refractivity contribution in [3.63, 3.8) is 0 Å². The Bertz CT molecular complexity index is 581. The molecule has 0 saturated heterocycles. The van der Waals surface area contributed by atoms with Crippen LogP contribution in [0.4, 0.5) is 0 Å². The summed E-state index contributed by atoms with van der Waals surface area (Å²) in [5.41, 5.74) is 2.23. The molecule has 0 heterocycles. The van der Waals surface area contributed by atoms with Gasteiger partial charge in [-0.3, -0.25) is 4.79 Å². The maximum atomic E-state index is 12.0. The van der Waals surface area contributed by atoms with E-state index in [1.54, 1.807) is 7.11 Å². The number of amides is 1. The molecule has 0 spiro atoms. The van der Waals surface area contributed by atoms with E-state index in [-0.39, 0.29) is 11.8 Å². The highest BCUT2D eigenvalue weighted by Crippen LogP contribution is 2.18. The van der Waals surface area contributed by atoms with E-state index in [1.807, 2.05) is 42.5 Å². The Labute approximate surface area is 126 Å². The van der Waals surface area contributed by atoms with Crippen LogP contribution in [-0.2, 0) is 11.3 Å². The predicted octanol–water partition coefficient (Wildman–Crippen LogP) is 3.51. The second kappa shape index (κ2) is 7.48. The average molecular weight is 283 g/mol. The molecular weight excluding hydrogens is 262 g/mol. The Balaban J connectivity index is 1.84. The van der Waals surface area contributed by atoms with Gasteiger partial charge in [0, 0.05) is 13.0 Å². The Morgan fingerprint density at radius 2 is 1.90 bits per heavy atom. The second-order valence-corrected chi connectivity index (χ2v) is 5.14. The Morgan fingerprint density at radius 1 is 1.14 bits per heavy atom. The zero-order valence-electron chi connectivity index (χ0n) is 12.5. The van der Waals surface area contributed by atoms with Crippen molar-refractivity contribution in [1.82, 2.24) is 5.32 Å². The first-order valence-corrected chi connectivity index (χ1v) is 7.13. The first-order chi connectivity index (χ1) is 10.2. The van der Waals surface area contributed by atoms with Crippen molar-refractivity contribution in [3.05, 3.63) is 65.7 Å². The van der Waals surface area contributed by atoms with Crippen LogP contribution in [0.5, 0.6) is 5.75 Å². The van der Waals surface area contributed by atoms with Crippen LogP contribution in [0.3, 0.4) is 0 Å². The SMILES string of the molecule is COc1cccc(CNC(=O)C[C@H](C)c2ccccc2)c1. The number of rotatable bonds is 6. The Morgan fingerprint density at radius 3 is 2.62 bits per heavy atom. The van der Waals surface area contributed by atoms with E-state index >= 15 is 0 Å². The van der Waals surface area contributed by atoms with Crippen LogP contribution in [-0.4, -0.2) is 13.0 Å². The first-order valence-electron chi connectivity index (χ1n) is 7.13. The van der Waals surface area contributed by atoms with Crippen LogP contribution >= 0.6 is 0 Å². The number of hydrogen-bond acceptors (Lipinski definition) is 2. The standard InChI is InChI=1S/C18H21NO2/c1-14(16-8-4-3-5-9-16)11-18(20)19-13-15-7-6-10-17(12-15)21-2/h3-10,12,14H,11,13H2,1-2H3,(H,19,20)/t14-/m0/s1. The van der Waals surface area contributed by atoms with Crippen LogP contribution in [0, 0.1) is 0 Å². The highest BCUT2D eigenvalue weighted by Gasteiger charge is 2.10. The maximum absolute atomic E-state index is 12.0. The van der Waals surface area contributed by atoms with Gasteiger partial charge in [-0.1, -0.05) is 49.4 Å². The lowest BCUT2D eigenvalue weighted by atomic mass is 9.97. The number of carbonyl (C=O) groups is 1. The Hall–Kier alpha value is -2.29. The van der Waals surface area contributed by atoms with E-state index in [0.29, 0.717) is 13.0 Å². The highest BCUT2D eigenvalue weighted by molar-refractivity contribution is 5.76. The van der Waals surface area contributed by atoms with Gasteiger partial charge in [0.15, 0.2) is 0 Å². The molecule has 0 aromatic heterocycles. The van der Waals surface area contributed by atoms with Crippen molar-refractivity contribution < 1.29 is 9.53 Å². The molecule has 0 aliphatic rings. The third-order valence-corrected chi connectivity index (χ3v) is 3.48. The Kier molecular flexibility index (Phi) is 5.38. The molecule has 0 bridgehead atoms. The molecule has 2 aromatic carbocycles. The van der Waals surface area contributed by atoms with E-state index in [9.17, 15) is 4.79 Å². The van der Waals surface area contributed by atoms with Crippen LogP contribution in [0.2, 0.25) is 0 Å². The van der Waals surface area contributed by atoms with Crippen LogP contribution in [0.15, 0.2) is 54.6 Å². The third-order valence-electron chi connectivity index (χ3n) is 3.48. The molecule has 0 radical (unpaired) electrons. The average Bonchev–Trinajstić information content (AvgIpc) is 2.54. The van der Waals surface area contributed by atoms with Crippen molar-refractivity contribution in [2.75, 3.05) is 7.11 Å². The molecule has 1 atom stereocenters. The predicted molar refractivity (Wildman–Crippen MR) is 84.3 cm³/mol. The minimum absolute atomic E-state index is 0.0640. The molecule has 0 aliphatic heterocycles. The van der Waals surface area contributed by atoms with Gasteiger partial charge in [-0.15, -0.1) is 0 Å². The van der Waals surface area contributed by atoms with Gasteiger partial charge in [0.05, 0.1) is 7.11 Å². The van der Waals surface area contributed by atoms with Gasteiger partial charge >= 0.3 is 0 Å². The second-order valence-electron chi connectivity index (χ2n) is 5.14. The summed E-state index contributed by atoms with van der Waals surface area (Å²) in [6.45, 7) is 2.60. The molecule has 0 fully saturated rings. The summed E-state index contributed by atoms with van der Waals surface area (Å²) in [6.07, 6.45) is 0.494. The molecule has 21 heavy (non-hydrogen) atoms. The van der Waals surface area contributed by atoms with Gasteiger partial charge < -0.3 is 10.1 Å². The molecule has 1 N–H and O–H groups in total. The summed E-state index contributed by atoms with van der Waals surface area (Å²) in [5, 5.41) is 2.96. The topological polar surface area (TPSA) is 38.3 Å². The van der Waals surface area contributed by atoms with Gasteiger partial charge in [0.1, 0.15) is 5.75 Å². The number of carbonyl (C=O) groups excluding carboxylic acids is 1. The molecule has 0 aliphatic carbocycles. The molecule has 0 saturated carbocycles. The van der Waals surface area contributed by atoms with Gasteiger partial charge in [0.25, 0.3) is 0 Å². The third kappa shape index (κ3) is 4.63. The van der Waals surface area contributed by atoms with Gasteiger partial charge in [-0.2, -0.15) is 0 Å². The van der Waals surface area contributed by atoms with Crippen LogP contribution < -0.4 is 10.1 Å². The van der Waals surface area contributed by atoms with E-state index < -0.39 is 0 Å². The number of nitrogens with one attached hydrogen (secondary N) is 1. The molecule has 0 unspecified atom stereocenters. The monoisotopic (exact) mass is 283 g/mol. The normalized spacial score (nSPS) is 11.7. The molecule has 110 valence electrons. The zero-order chi connectivity index (χ0) is 15.1. The minimum Gasteiger partial charge on any atom is -0.497 e. The zero-order valence-corrected chi connectivity index (χ0v) is 12.5. The van der Waals surface area contributed by atoms with Gasteiger partial charge in [0.2, 0.25) is 5.91 Å². The fraction of sp³-hybridized carbons (Fsp3) is 0.278. The number of benzene rings is 2. The van der Waals surface area contributed by atoms with E-state index in [0.717, 1.165) is 11.3 Å². The molecular formula is C18H21NO2. The fourth-order valence-corrected chi connectivity index (χ4v) is 2.23. The van der Waals surface area contributed by atoms with Crippen molar-refractivity contribution in [2.45, 2.75) is 25.8 Å². The molecule has 3 nitrogen and oxygen atoms in total. The lowest BCUT2D eigenvalue weighted by molar-refractivity contribution is -0.121. The number of ether oxygens (including phenoxy) is 1. The summed E-state index contributed by atoms with van der Waals surface area (Å²) < 4.78 is 5.17.